The zero-order chi connectivity index (χ0) is 9.97. The Hall–Kier alpha value is -1.83. The van der Waals surface area contributed by atoms with Crippen LogP contribution in [0.25, 0.3) is 12.2 Å². The van der Waals surface area contributed by atoms with Crippen molar-refractivity contribution in [1.29, 1.82) is 0 Å². The van der Waals surface area contributed by atoms with Gasteiger partial charge < -0.3 is 4.42 Å². The molecule has 2 rings (SSSR count). The van der Waals surface area contributed by atoms with E-state index in [4.69, 9.17) is 4.42 Å². The van der Waals surface area contributed by atoms with Crippen LogP contribution >= 0.6 is 0 Å². The molecule has 0 fully saturated rings. The lowest BCUT2D eigenvalue weighted by molar-refractivity contribution is 0.474. The Kier molecular flexibility index (Phi) is 2.19. The largest absolute Gasteiger partial charge is 0.423 e. The molecule has 1 heterocycles. The molecule has 1 aliphatic rings. The lowest BCUT2D eigenvalue weighted by atomic mass is 10.2. The van der Waals surface area contributed by atoms with Crippen LogP contribution in [-0.2, 0) is 0 Å². The van der Waals surface area contributed by atoms with Gasteiger partial charge in [-0.3, -0.25) is 0 Å². The summed E-state index contributed by atoms with van der Waals surface area (Å²) in [4.78, 5) is 11.0. The third-order valence-corrected chi connectivity index (χ3v) is 2.03. The minimum atomic E-state index is -0.316. The summed E-state index contributed by atoms with van der Waals surface area (Å²) in [5.41, 5.74) is 1.42. The van der Waals surface area contributed by atoms with Crippen LogP contribution in [0.1, 0.15) is 6.92 Å². The first-order valence-electron chi connectivity index (χ1n) is 4.43. The normalized spacial score (nSPS) is 14.2. The molecule has 0 aromatic carbocycles. The van der Waals surface area contributed by atoms with Crippen molar-refractivity contribution in [1.82, 2.24) is 0 Å². The van der Waals surface area contributed by atoms with Crippen LogP contribution < -0.4 is 16.3 Å². The number of hydrogen-bond donors (Lipinski definition) is 0. The molecule has 0 unspecified atom stereocenters. The number of allylic oxidation sites excluding steroid dienone is 4. The van der Waals surface area contributed by atoms with Gasteiger partial charge in [0.15, 0.2) is 0 Å². The fourth-order valence-electron chi connectivity index (χ4n) is 1.28. The molecule has 0 N–H and O–H groups in total. The van der Waals surface area contributed by atoms with Crippen molar-refractivity contribution in [2.24, 2.45) is 0 Å². The Morgan fingerprint density at radius 1 is 1.14 bits per heavy atom. The van der Waals surface area contributed by atoms with E-state index in [1.807, 2.05) is 37.3 Å². The van der Waals surface area contributed by atoms with Gasteiger partial charge in [-0.1, -0.05) is 29.9 Å². The summed E-state index contributed by atoms with van der Waals surface area (Å²) < 4.78 is 5.06. The second-order valence-electron chi connectivity index (χ2n) is 3.18. The van der Waals surface area contributed by atoms with Gasteiger partial charge in [0.2, 0.25) is 0 Å². The fourth-order valence-corrected chi connectivity index (χ4v) is 1.28. The molecule has 0 radical (unpaired) electrons. The van der Waals surface area contributed by atoms with Crippen LogP contribution in [0.2, 0.25) is 0 Å². The Morgan fingerprint density at radius 2 is 2.00 bits per heavy atom. The van der Waals surface area contributed by atoms with Gasteiger partial charge in [-0.2, -0.15) is 0 Å². The molecule has 0 saturated heterocycles. The summed E-state index contributed by atoms with van der Waals surface area (Å²) in [6.07, 6.45) is 9.60. The maximum Gasteiger partial charge on any atom is 0.336 e. The van der Waals surface area contributed by atoms with E-state index < -0.39 is 0 Å². The minimum Gasteiger partial charge on any atom is -0.423 e. The van der Waals surface area contributed by atoms with Crippen LogP contribution in [0.4, 0.5) is 0 Å². The molecule has 0 spiro atoms. The van der Waals surface area contributed by atoms with Crippen molar-refractivity contribution in [3.63, 3.8) is 0 Å². The first kappa shape index (κ1) is 8.75. The molecular formula is C12H10O2. The van der Waals surface area contributed by atoms with Crippen molar-refractivity contribution in [3.05, 3.63) is 57.0 Å². The van der Waals surface area contributed by atoms with Gasteiger partial charge in [-0.15, -0.1) is 0 Å². The Balaban J connectivity index is 2.82. The van der Waals surface area contributed by atoms with Crippen molar-refractivity contribution in [2.75, 3.05) is 0 Å². The lowest BCUT2D eigenvalue weighted by Crippen LogP contribution is -2.28. The summed E-state index contributed by atoms with van der Waals surface area (Å²) in [6.45, 7) is 1.99. The summed E-state index contributed by atoms with van der Waals surface area (Å²) in [7, 11) is 0. The van der Waals surface area contributed by atoms with Gasteiger partial charge >= 0.3 is 5.63 Å². The molecule has 1 aromatic rings. The lowest BCUT2D eigenvalue weighted by Gasteiger charge is -1.92. The molecule has 1 aliphatic carbocycles. The summed E-state index contributed by atoms with van der Waals surface area (Å²) in [5.74, 6) is 0. The van der Waals surface area contributed by atoms with E-state index in [2.05, 4.69) is 0 Å². The molecule has 1 aromatic heterocycles. The minimum absolute atomic E-state index is 0.316. The molecule has 0 amide bonds. The zero-order valence-electron chi connectivity index (χ0n) is 7.86. The number of rotatable bonds is 0. The highest BCUT2D eigenvalue weighted by molar-refractivity contribution is 5.48. The van der Waals surface area contributed by atoms with Crippen LogP contribution in [0, 0.1) is 0 Å². The zero-order valence-corrected chi connectivity index (χ0v) is 7.86. The Bertz CT molecular complexity index is 571. The Labute approximate surface area is 81.2 Å². The van der Waals surface area contributed by atoms with Crippen molar-refractivity contribution >= 4 is 12.2 Å². The summed E-state index contributed by atoms with van der Waals surface area (Å²) >= 11 is 0. The smallest absolute Gasteiger partial charge is 0.336 e. The van der Waals surface area contributed by atoms with E-state index in [1.165, 1.54) is 6.07 Å². The van der Waals surface area contributed by atoms with Gasteiger partial charge in [0, 0.05) is 11.3 Å². The van der Waals surface area contributed by atoms with Crippen LogP contribution in [-0.4, -0.2) is 0 Å². The predicted octanol–water partition coefficient (Wildman–Crippen LogP) is 0.717. The van der Waals surface area contributed by atoms with E-state index in [0.717, 1.165) is 10.8 Å². The van der Waals surface area contributed by atoms with E-state index in [1.54, 1.807) is 6.07 Å². The first-order valence-corrected chi connectivity index (χ1v) is 4.43. The molecule has 2 heteroatoms. The molecule has 14 heavy (non-hydrogen) atoms. The van der Waals surface area contributed by atoms with Crippen LogP contribution in [0.3, 0.4) is 0 Å². The molecule has 2 nitrogen and oxygen atoms in total. The van der Waals surface area contributed by atoms with Gasteiger partial charge in [0.25, 0.3) is 0 Å². The van der Waals surface area contributed by atoms with Crippen LogP contribution in [0.5, 0.6) is 0 Å². The molecular weight excluding hydrogens is 176 g/mol. The number of fused-ring (bicyclic) bond motifs is 1. The summed E-state index contributed by atoms with van der Waals surface area (Å²) in [6, 6.07) is 3.19. The van der Waals surface area contributed by atoms with Crippen LogP contribution in [0.15, 0.2) is 45.1 Å². The highest BCUT2D eigenvalue weighted by Gasteiger charge is 1.90. The third-order valence-electron chi connectivity index (χ3n) is 2.03. The number of hydrogen-bond acceptors (Lipinski definition) is 2. The quantitative estimate of drug-likeness (QED) is 0.597. The first-order chi connectivity index (χ1) is 6.75. The third kappa shape index (κ3) is 1.74. The molecule has 0 atom stereocenters. The second kappa shape index (κ2) is 3.50. The average Bonchev–Trinajstić information content (AvgIpc) is 2.15. The molecule has 70 valence electrons. The highest BCUT2D eigenvalue weighted by atomic mass is 16.4. The van der Waals surface area contributed by atoms with Gasteiger partial charge in [0.1, 0.15) is 5.42 Å². The van der Waals surface area contributed by atoms with E-state index in [0.29, 0.717) is 5.42 Å². The van der Waals surface area contributed by atoms with Gasteiger partial charge in [0.05, 0.1) is 0 Å². The SMILES string of the molecule is CC1=CC=c2oc(=O)ccc2=CC=C1. The van der Waals surface area contributed by atoms with Crippen molar-refractivity contribution < 1.29 is 4.42 Å². The second-order valence-corrected chi connectivity index (χ2v) is 3.18. The highest BCUT2D eigenvalue weighted by Crippen LogP contribution is 1.95. The molecule has 0 saturated carbocycles. The average molecular weight is 186 g/mol. The monoisotopic (exact) mass is 186 g/mol. The van der Waals surface area contributed by atoms with Crippen molar-refractivity contribution in [2.45, 2.75) is 6.92 Å². The Morgan fingerprint density at radius 3 is 2.86 bits per heavy atom. The van der Waals surface area contributed by atoms with Gasteiger partial charge in [-0.05, 0) is 19.1 Å². The fraction of sp³-hybridized carbons (Fsp3) is 0.0833. The maximum absolute atomic E-state index is 11.0. The standard InChI is InChI=1S/C12H10O2/c1-9-3-2-4-10-6-8-12(13)14-11(10)7-5-9/h2-8H,1H3. The van der Waals surface area contributed by atoms with E-state index >= 15 is 0 Å². The molecule has 0 aliphatic heterocycles. The summed E-state index contributed by atoms with van der Waals surface area (Å²) in [5, 5.41) is 0.921. The van der Waals surface area contributed by atoms with Crippen molar-refractivity contribution in [3.8, 4) is 0 Å². The maximum atomic E-state index is 11.0. The van der Waals surface area contributed by atoms with E-state index in [9.17, 15) is 4.79 Å². The predicted molar refractivity (Wildman–Crippen MR) is 56.1 cm³/mol. The topological polar surface area (TPSA) is 30.2 Å². The van der Waals surface area contributed by atoms with E-state index in [-0.39, 0.29) is 5.63 Å². The van der Waals surface area contributed by atoms with Gasteiger partial charge in [-0.25, -0.2) is 4.79 Å². The molecule has 0 bridgehead atoms.